The molecule has 0 aromatic carbocycles. The lowest BCUT2D eigenvalue weighted by molar-refractivity contribution is -0.117. The van der Waals surface area contributed by atoms with E-state index < -0.39 is 0 Å². The Bertz CT molecular complexity index is 419. The van der Waals surface area contributed by atoms with E-state index in [9.17, 15) is 4.79 Å². The molecule has 2 atom stereocenters. The van der Waals surface area contributed by atoms with Gasteiger partial charge in [0.15, 0.2) is 0 Å². The first-order chi connectivity index (χ1) is 8.65. The van der Waals surface area contributed by atoms with E-state index in [1.54, 1.807) is 12.4 Å². The zero-order valence-corrected chi connectivity index (χ0v) is 10.9. The van der Waals surface area contributed by atoms with Gasteiger partial charge in [-0.3, -0.25) is 9.78 Å². The van der Waals surface area contributed by atoms with Gasteiger partial charge in [0.25, 0.3) is 0 Å². The van der Waals surface area contributed by atoms with Gasteiger partial charge in [0.1, 0.15) is 0 Å². The fourth-order valence-electron chi connectivity index (χ4n) is 2.56. The van der Waals surface area contributed by atoms with Crippen molar-refractivity contribution in [2.45, 2.75) is 45.1 Å². The van der Waals surface area contributed by atoms with Crippen molar-refractivity contribution in [3.8, 4) is 0 Å². The van der Waals surface area contributed by atoms with Crippen molar-refractivity contribution < 1.29 is 4.79 Å². The van der Waals surface area contributed by atoms with Crippen LogP contribution in [-0.2, 0) is 4.79 Å². The number of hydrogen-bond donors (Lipinski definition) is 2. The molecule has 0 bridgehead atoms. The summed E-state index contributed by atoms with van der Waals surface area (Å²) in [5.41, 5.74) is 7.86. The topological polar surface area (TPSA) is 68.0 Å². The van der Waals surface area contributed by atoms with E-state index in [0.29, 0.717) is 12.3 Å². The van der Waals surface area contributed by atoms with Crippen molar-refractivity contribution in [1.29, 1.82) is 0 Å². The fraction of sp³-hybridized carbons (Fsp3) is 0.571. The van der Waals surface area contributed by atoms with E-state index in [1.807, 2.05) is 13.0 Å². The zero-order chi connectivity index (χ0) is 13.0. The highest BCUT2D eigenvalue weighted by Crippen LogP contribution is 2.26. The quantitative estimate of drug-likeness (QED) is 0.860. The number of hydrogen-bond acceptors (Lipinski definition) is 3. The summed E-state index contributed by atoms with van der Waals surface area (Å²) in [6.45, 7) is 1.96. The lowest BCUT2D eigenvalue weighted by Gasteiger charge is -2.27. The standard InChI is InChI=1S/C14H21N3O/c1-10-6-12(9-16-8-10)17-14(18)7-11-4-2-3-5-13(11)15/h6,8-9,11,13H,2-5,7,15H2,1H3,(H,17,18). The minimum atomic E-state index is 0.0461. The van der Waals surface area contributed by atoms with Gasteiger partial charge in [0.2, 0.25) is 5.91 Å². The van der Waals surface area contributed by atoms with E-state index in [-0.39, 0.29) is 11.9 Å². The van der Waals surface area contributed by atoms with Crippen LogP contribution in [0.4, 0.5) is 5.69 Å². The third-order valence-corrected chi connectivity index (χ3v) is 3.57. The number of nitrogens with two attached hydrogens (primary N) is 1. The molecule has 4 nitrogen and oxygen atoms in total. The molecule has 3 N–H and O–H groups in total. The number of nitrogens with one attached hydrogen (secondary N) is 1. The van der Waals surface area contributed by atoms with Crippen LogP contribution in [0, 0.1) is 12.8 Å². The molecule has 0 aliphatic heterocycles. The molecule has 1 aliphatic carbocycles. The predicted octanol–water partition coefficient (Wildman–Crippen LogP) is 2.24. The Balaban J connectivity index is 1.88. The summed E-state index contributed by atoms with van der Waals surface area (Å²) in [7, 11) is 0. The monoisotopic (exact) mass is 247 g/mol. The van der Waals surface area contributed by atoms with E-state index in [0.717, 1.165) is 24.1 Å². The average molecular weight is 247 g/mol. The average Bonchev–Trinajstić information content (AvgIpc) is 2.32. The number of amides is 1. The maximum absolute atomic E-state index is 11.9. The van der Waals surface area contributed by atoms with Crippen molar-refractivity contribution in [1.82, 2.24) is 4.98 Å². The van der Waals surface area contributed by atoms with Crippen LogP contribution in [0.25, 0.3) is 0 Å². The lowest BCUT2D eigenvalue weighted by atomic mass is 9.83. The molecule has 1 heterocycles. The molecule has 1 saturated carbocycles. The number of pyridine rings is 1. The maximum atomic E-state index is 11.9. The minimum absolute atomic E-state index is 0.0461. The lowest BCUT2D eigenvalue weighted by Crippen LogP contribution is -2.35. The Morgan fingerprint density at radius 1 is 1.44 bits per heavy atom. The molecule has 18 heavy (non-hydrogen) atoms. The maximum Gasteiger partial charge on any atom is 0.224 e. The van der Waals surface area contributed by atoms with Crippen LogP contribution >= 0.6 is 0 Å². The van der Waals surface area contributed by atoms with E-state index in [2.05, 4.69) is 10.3 Å². The van der Waals surface area contributed by atoms with Crippen molar-refractivity contribution in [3.63, 3.8) is 0 Å². The third kappa shape index (κ3) is 3.53. The Morgan fingerprint density at radius 3 is 2.94 bits per heavy atom. The van der Waals surface area contributed by atoms with Crippen LogP contribution in [0.3, 0.4) is 0 Å². The summed E-state index contributed by atoms with van der Waals surface area (Å²) >= 11 is 0. The van der Waals surface area contributed by atoms with E-state index in [4.69, 9.17) is 5.73 Å². The predicted molar refractivity (Wildman–Crippen MR) is 72.2 cm³/mol. The highest BCUT2D eigenvalue weighted by Gasteiger charge is 2.24. The SMILES string of the molecule is Cc1cncc(NC(=O)CC2CCCCC2N)c1. The first-order valence-electron chi connectivity index (χ1n) is 6.62. The van der Waals surface area contributed by atoms with Gasteiger partial charge < -0.3 is 11.1 Å². The third-order valence-electron chi connectivity index (χ3n) is 3.57. The van der Waals surface area contributed by atoms with Crippen molar-refractivity contribution in [2.24, 2.45) is 11.7 Å². The van der Waals surface area contributed by atoms with Crippen LogP contribution in [0.1, 0.15) is 37.7 Å². The Hall–Kier alpha value is -1.42. The van der Waals surface area contributed by atoms with Crippen LogP contribution < -0.4 is 11.1 Å². The van der Waals surface area contributed by atoms with Gasteiger partial charge >= 0.3 is 0 Å². The second-order valence-corrected chi connectivity index (χ2v) is 5.21. The van der Waals surface area contributed by atoms with Crippen molar-refractivity contribution >= 4 is 11.6 Å². The van der Waals surface area contributed by atoms with Gasteiger partial charge in [-0.25, -0.2) is 0 Å². The molecule has 0 saturated heterocycles. The molecule has 2 unspecified atom stereocenters. The van der Waals surface area contributed by atoms with Gasteiger partial charge in [-0.15, -0.1) is 0 Å². The second-order valence-electron chi connectivity index (χ2n) is 5.21. The number of rotatable bonds is 3. The fourth-order valence-corrected chi connectivity index (χ4v) is 2.56. The number of aromatic nitrogens is 1. The normalized spacial score (nSPS) is 23.7. The molecule has 1 fully saturated rings. The molecule has 98 valence electrons. The number of aryl methyl sites for hydroxylation is 1. The minimum Gasteiger partial charge on any atom is -0.327 e. The smallest absolute Gasteiger partial charge is 0.224 e. The largest absolute Gasteiger partial charge is 0.327 e. The summed E-state index contributed by atoms with van der Waals surface area (Å²) in [4.78, 5) is 16.0. The summed E-state index contributed by atoms with van der Waals surface area (Å²) in [5, 5.41) is 2.89. The summed E-state index contributed by atoms with van der Waals surface area (Å²) in [6.07, 6.45) is 8.47. The first kappa shape index (κ1) is 13.0. The first-order valence-corrected chi connectivity index (χ1v) is 6.62. The Labute approximate surface area is 108 Å². The summed E-state index contributed by atoms with van der Waals surface area (Å²) in [5.74, 6) is 0.376. The summed E-state index contributed by atoms with van der Waals surface area (Å²) < 4.78 is 0. The van der Waals surface area contributed by atoms with Gasteiger partial charge in [0, 0.05) is 18.7 Å². The Morgan fingerprint density at radius 2 is 2.22 bits per heavy atom. The van der Waals surface area contributed by atoms with Gasteiger partial charge in [-0.05, 0) is 37.3 Å². The highest BCUT2D eigenvalue weighted by atomic mass is 16.1. The zero-order valence-electron chi connectivity index (χ0n) is 10.9. The number of nitrogens with zero attached hydrogens (tertiary/aromatic N) is 1. The number of anilines is 1. The van der Waals surface area contributed by atoms with E-state index in [1.165, 1.54) is 12.8 Å². The molecule has 1 aromatic heterocycles. The molecule has 4 heteroatoms. The Kier molecular flexibility index (Phi) is 4.31. The molecule has 1 aliphatic rings. The highest BCUT2D eigenvalue weighted by molar-refractivity contribution is 5.90. The van der Waals surface area contributed by atoms with Crippen LogP contribution in [0.2, 0.25) is 0 Å². The number of carbonyl (C=O) groups is 1. The van der Waals surface area contributed by atoms with Crippen LogP contribution in [-0.4, -0.2) is 16.9 Å². The van der Waals surface area contributed by atoms with Gasteiger partial charge in [-0.1, -0.05) is 12.8 Å². The molecule has 2 rings (SSSR count). The number of carbonyl (C=O) groups excluding carboxylic acids is 1. The molecule has 1 aromatic rings. The molecule has 1 amide bonds. The second kappa shape index (κ2) is 5.96. The van der Waals surface area contributed by atoms with Gasteiger partial charge in [-0.2, -0.15) is 0 Å². The molecule has 0 radical (unpaired) electrons. The van der Waals surface area contributed by atoms with Crippen molar-refractivity contribution in [2.75, 3.05) is 5.32 Å². The molecular formula is C14H21N3O. The van der Waals surface area contributed by atoms with Crippen LogP contribution in [0.5, 0.6) is 0 Å². The van der Waals surface area contributed by atoms with Gasteiger partial charge in [0.05, 0.1) is 11.9 Å². The molecule has 0 spiro atoms. The van der Waals surface area contributed by atoms with E-state index >= 15 is 0 Å². The van der Waals surface area contributed by atoms with Crippen LogP contribution in [0.15, 0.2) is 18.5 Å². The van der Waals surface area contributed by atoms with Crippen molar-refractivity contribution in [3.05, 3.63) is 24.0 Å². The summed E-state index contributed by atoms with van der Waals surface area (Å²) in [6, 6.07) is 2.10. The molecular weight excluding hydrogens is 226 g/mol.